The maximum atomic E-state index is 12.8. The second-order valence-electron chi connectivity index (χ2n) is 8.61. The summed E-state index contributed by atoms with van der Waals surface area (Å²) in [5, 5.41) is 4.08. The Labute approximate surface area is 210 Å². The Morgan fingerprint density at radius 2 is 1.73 bits per heavy atom. The summed E-state index contributed by atoms with van der Waals surface area (Å²) in [6, 6.07) is 17.9. The number of aromatic nitrogens is 1. The SMILES string of the molecule is COC(=O)C[C@H]1c2ccc(OCc3ccc(-c4ccc(C(F)(F)F)cc4)cc3)cc2OCc2conc21. The second kappa shape index (κ2) is 10.0. The number of benzene rings is 3. The molecule has 6 nitrogen and oxygen atoms in total. The van der Waals surface area contributed by atoms with Crippen LogP contribution in [-0.2, 0) is 28.9 Å². The van der Waals surface area contributed by atoms with Gasteiger partial charge in [-0.25, -0.2) is 0 Å². The number of rotatable bonds is 6. The first-order chi connectivity index (χ1) is 17.8. The summed E-state index contributed by atoms with van der Waals surface area (Å²) in [6.45, 7) is 0.530. The van der Waals surface area contributed by atoms with E-state index in [1.165, 1.54) is 25.5 Å². The molecule has 190 valence electrons. The number of carbonyl (C=O) groups is 1. The lowest BCUT2D eigenvalue weighted by Gasteiger charge is -2.16. The molecule has 3 aromatic carbocycles. The van der Waals surface area contributed by atoms with Crippen molar-refractivity contribution < 1.29 is 36.7 Å². The van der Waals surface area contributed by atoms with Gasteiger partial charge in [0.15, 0.2) is 0 Å². The van der Waals surface area contributed by atoms with Gasteiger partial charge in [-0.1, -0.05) is 47.6 Å². The Bertz CT molecular complexity index is 1390. The van der Waals surface area contributed by atoms with Crippen LogP contribution in [0.15, 0.2) is 77.5 Å². The van der Waals surface area contributed by atoms with E-state index in [2.05, 4.69) is 5.16 Å². The summed E-state index contributed by atoms with van der Waals surface area (Å²) >= 11 is 0. The summed E-state index contributed by atoms with van der Waals surface area (Å²) in [6.07, 6.45) is -2.75. The summed E-state index contributed by atoms with van der Waals surface area (Å²) in [7, 11) is 1.34. The number of ether oxygens (including phenoxy) is 3. The number of hydrogen-bond acceptors (Lipinski definition) is 6. The topological polar surface area (TPSA) is 70.8 Å². The van der Waals surface area contributed by atoms with Crippen LogP contribution in [0, 0.1) is 0 Å². The molecule has 0 unspecified atom stereocenters. The minimum atomic E-state index is -4.36. The average Bonchev–Trinajstić information content (AvgIpc) is 3.32. The number of nitrogens with zero attached hydrogens (tertiary/aromatic N) is 1. The van der Waals surface area contributed by atoms with Gasteiger partial charge in [-0.05, 0) is 34.9 Å². The van der Waals surface area contributed by atoms with Crippen LogP contribution in [0.1, 0.15) is 40.3 Å². The van der Waals surface area contributed by atoms with Crippen molar-refractivity contribution in [2.24, 2.45) is 0 Å². The highest BCUT2D eigenvalue weighted by Gasteiger charge is 2.31. The van der Waals surface area contributed by atoms with Crippen molar-refractivity contribution in [1.82, 2.24) is 5.16 Å². The third-order valence-electron chi connectivity index (χ3n) is 6.25. The van der Waals surface area contributed by atoms with Gasteiger partial charge in [0.2, 0.25) is 0 Å². The van der Waals surface area contributed by atoms with Gasteiger partial charge >= 0.3 is 12.1 Å². The first-order valence-corrected chi connectivity index (χ1v) is 11.5. The zero-order chi connectivity index (χ0) is 26.0. The van der Waals surface area contributed by atoms with Crippen molar-refractivity contribution in [3.8, 4) is 22.6 Å². The van der Waals surface area contributed by atoms with E-state index < -0.39 is 11.7 Å². The fourth-order valence-electron chi connectivity index (χ4n) is 4.25. The number of halogens is 3. The lowest BCUT2D eigenvalue weighted by Crippen LogP contribution is -2.11. The maximum Gasteiger partial charge on any atom is 0.416 e. The molecule has 0 amide bonds. The van der Waals surface area contributed by atoms with Crippen molar-refractivity contribution in [2.75, 3.05) is 7.11 Å². The van der Waals surface area contributed by atoms with E-state index in [0.717, 1.165) is 34.4 Å². The van der Waals surface area contributed by atoms with Crippen LogP contribution in [-0.4, -0.2) is 18.2 Å². The number of hydrogen-bond donors (Lipinski definition) is 0. The van der Waals surface area contributed by atoms with Gasteiger partial charge < -0.3 is 18.7 Å². The molecule has 0 radical (unpaired) electrons. The van der Waals surface area contributed by atoms with Gasteiger partial charge in [-0.2, -0.15) is 13.2 Å². The quantitative estimate of drug-likeness (QED) is 0.276. The number of carbonyl (C=O) groups excluding carboxylic acids is 1. The van der Waals surface area contributed by atoms with E-state index >= 15 is 0 Å². The zero-order valence-electron chi connectivity index (χ0n) is 19.7. The zero-order valence-corrected chi connectivity index (χ0v) is 19.7. The minimum Gasteiger partial charge on any atom is -0.489 e. The molecule has 0 bridgehead atoms. The number of alkyl halides is 3. The second-order valence-corrected chi connectivity index (χ2v) is 8.61. The lowest BCUT2D eigenvalue weighted by atomic mass is 9.90. The van der Waals surface area contributed by atoms with Crippen molar-refractivity contribution in [3.05, 3.63) is 101 Å². The maximum absolute atomic E-state index is 12.8. The van der Waals surface area contributed by atoms with Crippen LogP contribution in [0.2, 0.25) is 0 Å². The Morgan fingerprint density at radius 1 is 1.03 bits per heavy atom. The van der Waals surface area contributed by atoms with Crippen molar-refractivity contribution in [2.45, 2.75) is 31.7 Å². The molecule has 1 aliphatic rings. The first kappa shape index (κ1) is 24.4. The van der Waals surface area contributed by atoms with E-state index in [1.54, 1.807) is 12.1 Å². The molecular formula is C28H22F3NO5. The Balaban J connectivity index is 1.28. The molecule has 0 fully saturated rings. The van der Waals surface area contributed by atoms with Crippen LogP contribution in [0.25, 0.3) is 11.1 Å². The molecule has 4 aromatic rings. The molecule has 0 aliphatic carbocycles. The summed E-state index contributed by atoms with van der Waals surface area (Å²) < 4.78 is 60.3. The Kier molecular flexibility index (Phi) is 6.60. The van der Waals surface area contributed by atoms with Crippen LogP contribution >= 0.6 is 0 Å². The van der Waals surface area contributed by atoms with Crippen molar-refractivity contribution in [3.63, 3.8) is 0 Å². The van der Waals surface area contributed by atoms with Crippen molar-refractivity contribution in [1.29, 1.82) is 0 Å². The fourth-order valence-corrected chi connectivity index (χ4v) is 4.25. The van der Waals surface area contributed by atoms with Gasteiger partial charge in [-0.3, -0.25) is 4.79 Å². The monoisotopic (exact) mass is 509 g/mol. The molecule has 9 heteroatoms. The molecule has 0 spiro atoms. The first-order valence-electron chi connectivity index (χ1n) is 11.5. The molecule has 0 saturated heterocycles. The average molecular weight is 509 g/mol. The highest BCUT2D eigenvalue weighted by atomic mass is 19.4. The third kappa shape index (κ3) is 5.30. The van der Waals surface area contributed by atoms with E-state index in [4.69, 9.17) is 18.7 Å². The Hall–Kier alpha value is -4.27. The lowest BCUT2D eigenvalue weighted by molar-refractivity contribution is -0.141. The molecule has 1 aromatic heterocycles. The van der Waals surface area contributed by atoms with E-state index in [9.17, 15) is 18.0 Å². The van der Waals surface area contributed by atoms with E-state index in [0.29, 0.717) is 22.8 Å². The molecule has 1 atom stereocenters. The largest absolute Gasteiger partial charge is 0.489 e. The standard InChI is InChI=1S/C28H22F3NO5/c1-34-26(33)13-24-23-11-10-22(12-25(23)36-15-20-16-37-32-27(20)24)35-14-17-2-4-18(5-3-17)19-6-8-21(9-7-19)28(29,30)31/h2-12,16,24H,13-15H2,1H3/t24-/m0/s1. The van der Waals surface area contributed by atoms with Crippen LogP contribution in [0.4, 0.5) is 13.2 Å². The summed E-state index contributed by atoms with van der Waals surface area (Å²) in [5.74, 6) is 0.432. The molecule has 0 saturated carbocycles. The Morgan fingerprint density at radius 3 is 2.41 bits per heavy atom. The highest BCUT2D eigenvalue weighted by Crippen LogP contribution is 2.40. The number of fused-ring (bicyclic) bond motifs is 2. The number of methoxy groups -OCH3 is 1. The van der Waals surface area contributed by atoms with Crippen LogP contribution in [0.3, 0.4) is 0 Å². The summed E-state index contributed by atoms with van der Waals surface area (Å²) in [5.41, 5.74) is 3.90. The van der Waals surface area contributed by atoms with Crippen molar-refractivity contribution >= 4 is 5.97 Å². The molecular weight excluding hydrogens is 487 g/mol. The molecule has 0 N–H and O–H groups in total. The molecule has 1 aliphatic heterocycles. The van der Waals surface area contributed by atoms with E-state index in [-0.39, 0.29) is 31.5 Å². The van der Waals surface area contributed by atoms with E-state index in [1.807, 2.05) is 30.3 Å². The van der Waals surface area contributed by atoms with Crippen LogP contribution in [0.5, 0.6) is 11.5 Å². The van der Waals surface area contributed by atoms with Gasteiger partial charge in [-0.15, -0.1) is 0 Å². The normalized spacial score (nSPS) is 14.6. The molecule has 2 heterocycles. The summed E-state index contributed by atoms with van der Waals surface area (Å²) in [4.78, 5) is 12.0. The van der Waals surface area contributed by atoms with Crippen LogP contribution < -0.4 is 9.47 Å². The highest BCUT2D eigenvalue weighted by molar-refractivity contribution is 5.72. The van der Waals surface area contributed by atoms with Gasteiger partial charge in [0.25, 0.3) is 0 Å². The third-order valence-corrected chi connectivity index (χ3v) is 6.25. The van der Waals surface area contributed by atoms with Gasteiger partial charge in [0.05, 0.1) is 30.4 Å². The van der Waals surface area contributed by atoms with Gasteiger partial charge in [0.1, 0.15) is 31.0 Å². The fraction of sp³-hybridized carbons (Fsp3) is 0.214. The molecule has 37 heavy (non-hydrogen) atoms. The minimum absolute atomic E-state index is 0.0951. The smallest absolute Gasteiger partial charge is 0.416 e. The predicted molar refractivity (Wildman–Crippen MR) is 127 cm³/mol. The predicted octanol–water partition coefficient (Wildman–Crippen LogP) is 6.53. The number of esters is 1. The molecule has 5 rings (SSSR count). The van der Waals surface area contributed by atoms with Gasteiger partial charge in [0, 0.05) is 17.5 Å².